The summed E-state index contributed by atoms with van der Waals surface area (Å²) in [6.45, 7) is 4.32. The number of halogens is 1. The number of piperazine rings is 1. The maximum absolute atomic E-state index is 12.9. The van der Waals surface area contributed by atoms with Gasteiger partial charge in [0.15, 0.2) is 0 Å². The molecule has 1 saturated carbocycles. The minimum atomic E-state index is 0.0182. The van der Waals surface area contributed by atoms with Gasteiger partial charge in [0.25, 0.3) is 5.91 Å². The molecule has 0 aromatic carbocycles. The van der Waals surface area contributed by atoms with Crippen molar-refractivity contribution in [2.24, 2.45) is 5.92 Å². The summed E-state index contributed by atoms with van der Waals surface area (Å²) >= 11 is 8.89. The van der Waals surface area contributed by atoms with Crippen molar-refractivity contribution in [2.75, 3.05) is 26.2 Å². The molecule has 1 saturated heterocycles. The van der Waals surface area contributed by atoms with Gasteiger partial charge in [-0.3, -0.25) is 9.59 Å². The van der Waals surface area contributed by atoms with Crippen LogP contribution >= 0.6 is 34.3 Å². The molecule has 8 heteroatoms. The number of carbonyl (C=O) groups is 2. The summed E-state index contributed by atoms with van der Waals surface area (Å²) in [5.74, 6) is 0.514. The quantitative estimate of drug-likeness (QED) is 0.772. The van der Waals surface area contributed by atoms with Crippen molar-refractivity contribution in [3.8, 4) is 9.88 Å². The number of carbonyl (C=O) groups excluding carboxylic acids is 2. The molecule has 2 aliphatic rings. The molecule has 3 heterocycles. The summed E-state index contributed by atoms with van der Waals surface area (Å²) in [6.07, 6.45) is 3.21. The Bertz CT molecular complexity index is 835. The lowest BCUT2D eigenvalue weighted by atomic mass is 9.84. The average molecular weight is 410 g/mol. The van der Waals surface area contributed by atoms with Crippen molar-refractivity contribution in [3.05, 3.63) is 27.0 Å². The number of rotatable bonds is 3. The van der Waals surface area contributed by atoms with Crippen LogP contribution in [0.5, 0.6) is 0 Å². The van der Waals surface area contributed by atoms with E-state index in [2.05, 4.69) is 4.98 Å². The molecule has 0 unspecified atom stereocenters. The molecule has 2 aromatic rings. The fourth-order valence-corrected chi connectivity index (χ4v) is 5.45. The van der Waals surface area contributed by atoms with E-state index in [9.17, 15) is 9.59 Å². The number of thiophene rings is 1. The highest BCUT2D eigenvalue weighted by Crippen LogP contribution is 2.35. The first-order valence-electron chi connectivity index (χ1n) is 8.84. The fourth-order valence-electron chi connectivity index (χ4n) is 3.32. The van der Waals surface area contributed by atoms with Crippen molar-refractivity contribution in [1.29, 1.82) is 0 Å². The van der Waals surface area contributed by atoms with Gasteiger partial charge in [-0.15, -0.1) is 22.7 Å². The van der Waals surface area contributed by atoms with Crippen LogP contribution in [0, 0.1) is 12.8 Å². The Balaban J connectivity index is 1.42. The second kappa shape index (κ2) is 7.29. The summed E-state index contributed by atoms with van der Waals surface area (Å²) in [7, 11) is 0. The van der Waals surface area contributed by atoms with E-state index in [0.29, 0.717) is 35.4 Å². The number of hydrogen-bond donors (Lipinski definition) is 0. The molecule has 26 heavy (non-hydrogen) atoms. The summed E-state index contributed by atoms with van der Waals surface area (Å²) < 4.78 is 0.716. The smallest absolute Gasteiger partial charge is 0.265 e. The van der Waals surface area contributed by atoms with Gasteiger partial charge in [0, 0.05) is 32.1 Å². The zero-order valence-electron chi connectivity index (χ0n) is 14.5. The van der Waals surface area contributed by atoms with Gasteiger partial charge in [-0.1, -0.05) is 18.0 Å². The zero-order chi connectivity index (χ0) is 18.3. The first-order chi connectivity index (χ1) is 12.5. The lowest BCUT2D eigenvalue weighted by molar-refractivity contribution is -0.139. The molecule has 1 aliphatic carbocycles. The van der Waals surface area contributed by atoms with Crippen LogP contribution in [-0.4, -0.2) is 52.8 Å². The molecular formula is C18H20ClN3O2S2. The highest BCUT2D eigenvalue weighted by molar-refractivity contribution is 7.24. The van der Waals surface area contributed by atoms with Crippen molar-refractivity contribution >= 4 is 46.1 Å². The van der Waals surface area contributed by atoms with E-state index in [-0.39, 0.29) is 17.7 Å². The molecule has 2 fully saturated rings. The minimum Gasteiger partial charge on any atom is -0.339 e. The van der Waals surface area contributed by atoms with E-state index in [1.807, 2.05) is 28.9 Å². The summed E-state index contributed by atoms with van der Waals surface area (Å²) in [5, 5.41) is 0.835. The first kappa shape index (κ1) is 17.9. The molecule has 1 aliphatic heterocycles. The maximum Gasteiger partial charge on any atom is 0.265 e. The number of hydrogen-bond acceptors (Lipinski definition) is 5. The number of nitrogens with zero attached hydrogens (tertiary/aromatic N) is 3. The normalized spacial score (nSPS) is 18.1. The zero-order valence-corrected chi connectivity index (χ0v) is 16.9. The van der Waals surface area contributed by atoms with Crippen molar-refractivity contribution in [2.45, 2.75) is 26.2 Å². The molecule has 4 rings (SSSR count). The van der Waals surface area contributed by atoms with Crippen molar-refractivity contribution in [1.82, 2.24) is 14.8 Å². The van der Waals surface area contributed by atoms with Crippen molar-refractivity contribution in [3.63, 3.8) is 0 Å². The largest absolute Gasteiger partial charge is 0.339 e. The Morgan fingerprint density at radius 3 is 2.38 bits per heavy atom. The maximum atomic E-state index is 12.9. The molecule has 0 spiro atoms. The van der Waals surface area contributed by atoms with Gasteiger partial charge in [-0.05, 0) is 31.9 Å². The van der Waals surface area contributed by atoms with Crippen LogP contribution in [0.1, 0.15) is 34.6 Å². The molecule has 2 amide bonds. The predicted octanol–water partition coefficient (Wildman–Crippen LogP) is 3.92. The van der Waals surface area contributed by atoms with Gasteiger partial charge in [0.1, 0.15) is 9.88 Å². The number of aryl methyl sites for hydroxylation is 1. The highest BCUT2D eigenvalue weighted by atomic mass is 35.5. The third-order valence-corrected chi connectivity index (χ3v) is 7.65. The number of thiazole rings is 1. The van der Waals surface area contributed by atoms with Crippen molar-refractivity contribution < 1.29 is 9.59 Å². The molecule has 0 radical (unpaired) electrons. The third kappa shape index (κ3) is 3.40. The molecule has 0 N–H and O–H groups in total. The van der Waals surface area contributed by atoms with Crippen LogP contribution in [0.15, 0.2) is 12.1 Å². The first-order valence-corrected chi connectivity index (χ1v) is 10.8. The van der Waals surface area contributed by atoms with Crippen LogP contribution in [0.3, 0.4) is 0 Å². The minimum absolute atomic E-state index is 0.0182. The Hall–Kier alpha value is -1.44. The fraction of sp³-hybridized carbons (Fsp3) is 0.500. The van der Waals surface area contributed by atoms with E-state index in [4.69, 9.17) is 11.6 Å². The van der Waals surface area contributed by atoms with Crippen LogP contribution in [0.2, 0.25) is 4.34 Å². The van der Waals surface area contributed by atoms with E-state index in [0.717, 1.165) is 34.8 Å². The predicted molar refractivity (Wildman–Crippen MR) is 105 cm³/mol. The SMILES string of the molecule is Cc1nc(-c2ccc(Cl)s2)sc1C(=O)N1CCN(C(=O)C2CCC2)CC1. The molecule has 5 nitrogen and oxygen atoms in total. The molecule has 138 valence electrons. The van der Waals surface area contributed by atoms with Gasteiger partial charge in [0.2, 0.25) is 5.91 Å². The van der Waals surface area contributed by atoms with Crippen LogP contribution in [0.4, 0.5) is 0 Å². The van der Waals surface area contributed by atoms with Crippen LogP contribution in [-0.2, 0) is 4.79 Å². The second-order valence-corrected chi connectivity index (χ2v) is 9.50. The average Bonchev–Trinajstić information content (AvgIpc) is 3.18. The van der Waals surface area contributed by atoms with E-state index in [1.54, 1.807) is 0 Å². The summed E-state index contributed by atoms with van der Waals surface area (Å²) in [5.41, 5.74) is 0.757. The number of amides is 2. The lowest BCUT2D eigenvalue weighted by Gasteiger charge is -2.38. The molecule has 0 bridgehead atoms. The second-order valence-electron chi connectivity index (χ2n) is 6.78. The Kier molecular flexibility index (Phi) is 5.03. The van der Waals surface area contributed by atoms with Gasteiger partial charge in [0.05, 0.1) is 14.9 Å². The van der Waals surface area contributed by atoms with E-state index >= 15 is 0 Å². The summed E-state index contributed by atoms with van der Waals surface area (Å²) in [6, 6.07) is 3.78. The Morgan fingerprint density at radius 1 is 1.12 bits per heavy atom. The Labute approximate surface area is 165 Å². The van der Waals surface area contributed by atoms with Gasteiger partial charge >= 0.3 is 0 Å². The molecule has 0 atom stereocenters. The van der Waals surface area contributed by atoms with E-state index in [1.165, 1.54) is 22.7 Å². The van der Waals surface area contributed by atoms with E-state index < -0.39 is 0 Å². The highest BCUT2D eigenvalue weighted by Gasteiger charge is 2.33. The monoisotopic (exact) mass is 409 g/mol. The lowest BCUT2D eigenvalue weighted by Crippen LogP contribution is -2.52. The third-order valence-electron chi connectivity index (χ3n) is 5.11. The van der Waals surface area contributed by atoms with Gasteiger partial charge in [-0.25, -0.2) is 4.98 Å². The standard InChI is InChI=1S/C18H20ClN3O2S2/c1-11-15(26-16(20-11)13-5-6-14(19)25-13)18(24)22-9-7-21(8-10-22)17(23)12-3-2-4-12/h5-6,12H,2-4,7-10H2,1H3. The number of aromatic nitrogens is 1. The van der Waals surface area contributed by atoms with Gasteiger partial charge < -0.3 is 9.80 Å². The van der Waals surface area contributed by atoms with Crippen LogP contribution in [0.25, 0.3) is 9.88 Å². The molecular weight excluding hydrogens is 390 g/mol. The molecule has 2 aromatic heterocycles. The summed E-state index contributed by atoms with van der Waals surface area (Å²) in [4.78, 5) is 35.3. The topological polar surface area (TPSA) is 53.5 Å². The van der Waals surface area contributed by atoms with Crippen LogP contribution < -0.4 is 0 Å². The Morgan fingerprint density at radius 2 is 1.81 bits per heavy atom. The van der Waals surface area contributed by atoms with Gasteiger partial charge in [-0.2, -0.15) is 0 Å².